The van der Waals surface area contributed by atoms with Crippen LogP contribution in [0.1, 0.15) is 62.5 Å². The molecule has 2 unspecified atom stereocenters. The topological polar surface area (TPSA) is 115 Å². The zero-order chi connectivity index (χ0) is 22.6. The van der Waals surface area contributed by atoms with Crippen molar-refractivity contribution >= 4 is 35.0 Å². The SMILES string of the molecule is COC(=O)c1c(C)[nH]c(C(=O)C(C)OC(=O)C(NC(=O)c2cccs2)C(C)C)c1C. The highest BCUT2D eigenvalue weighted by molar-refractivity contribution is 7.12. The Balaban J connectivity index is 2.14. The van der Waals surface area contributed by atoms with Gasteiger partial charge in [-0.05, 0) is 43.7 Å². The van der Waals surface area contributed by atoms with E-state index in [2.05, 4.69) is 10.3 Å². The number of carbonyl (C=O) groups excluding carboxylic acids is 4. The molecule has 0 saturated heterocycles. The molecule has 2 aromatic heterocycles. The number of aromatic nitrogens is 1. The lowest BCUT2D eigenvalue weighted by molar-refractivity contribution is -0.149. The zero-order valence-corrected chi connectivity index (χ0v) is 18.6. The predicted octanol–water partition coefficient (Wildman–Crippen LogP) is 3.05. The van der Waals surface area contributed by atoms with E-state index in [4.69, 9.17) is 9.47 Å². The average Bonchev–Trinajstić information content (AvgIpc) is 3.32. The molecule has 2 rings (SSSR count). The summed E-state index contributed by atoms with van der Waals surface area (Å²) in [6.07, 6.45) is -1.11. The van der Waals surface area contributed by atoms with Crippen LogP contribution >= 0.6 is 11.3 Å². The molecule has 0 saturated carbocycles. The van der Waals surface area contributed by atoms with Crippen molar-refractivity contribution in [3.8, 4) is 0 Å². The fourth-order valence-corrected chi connectivity index (χ4v) is 3.65. The normalized spacial score (nSPS) is 12.9. The number of carbonyl (C=O) groups is 4. The Bertz CT molecular complexity index is 945. The number of methoxy groups -OCH3 is 1. The number of nitrogens with one attached hydrogen (secondary N) is 2. The van der Waals surface area contributed by atoms with E-state index >= 15 is 0 Å². The van der Waals surface area contributed by atoms with Gasteiger partial charge in [-0.3, -0.25) is 9.59 Å². The maximum Gasteiger partial charge on any atom is 0.339 e. The quantitative estimate of drug-likeness (QED) is 0.487. The second-order valence-corrected chi connectivity index (χ2v) is 8.18. The van der Waals surface area contributed by atoms with Crippen molar-refractivity contribution in [2.75, 3.05) is 7.11 Å². The van der Waals surface area contributed by atoms with E-state index in [1.165, 1.54) is 25.4 Å². The third kappa shape index (κ3) is 4.96. The number of hydrogen-bond acceptors (Lipinski definition) is 7. The Morgan fingerprint density at radius 1 is 1.13 bits per heavy atom. The van der Waals surface area contributed by atoms with Gasteiger partial charge < -0.3 is 19.8 Å². The molecule has 30 heavy (non-hydrogen) atoms. The summed E-state index contributed by atoms with van der Waals surface area (Å²) in [5.74, 6) is -2.36. The highest BCUT2D eigenvalue weighted by Crippen LogP contribution is 2.21. The van der Waals surface area contributed by atoms with Crippen molar-refractivity contribution in [1.29, 1.82) is 0 Å². The number of aryl methyl sites for hydroxylation is 1. The number of hydrogen-bond donors (Lipinski definition) is 2. The number of thiophene rings is 1. The average molecular weight is 435 g/mol. The lowest BCUT2D eigenvalue weighted by Gasteiger charge is -2.22. The Morgan fingerprint density at radius 2 is 1.80 bits per heavy atom. The van der Waals surface area contributed by atoms with E-state index in [0.29, 0.717) is 16.1 Å². The van der Waals surface area contributed by atoms with Gasteiger partial charge in [0, 0.05) is 5.69 Å². The fraction of sp³-hybridized carbons (Fsp3) is 0.429. The molecule has 0 spiro atoms. The first kappa shape index (κ1) is 23.3. The summed E-state index contributed by atoms with van der Waals surface area (Å²) in [5, 5.41) is 4.43. The van der Waals surface area contributed by atoms with Gasteiger partial charge in [-0.25, -0.2) is 9.59 Å². The molecular formula is C21H26N2O6S. The highest BCUT2D eigenvalue weighted by atomic mass is 32.1. The highest BCUT2D eigenvalue weighted by Gasteiger charge is 2.31. The predicted molar refractivity (Wildman–Crippen MR) is 112 cm³/mol. The lowest BCUT2D eigenvalue weighted by atomic mass is 10.0. The van der Waals surface area contributed by atoms with Gasteiger partial charge in [-0.2, -0.15) is 0 Å². The molecule has 2 N–H and O–H groups in total. The van der Waals surface area contributed by atoms with E-state index in [1.54, 1.807) is 45.2 Å². The van der Waals surface area contributed by atoms with Gasteiger partial charge in [0.05, 0.1) is 23.2 Å². The van der Waals surface area contributed by atoms with Crippen LogP contribution in [0.4, 0.5) is 0 Å². The zero-order valence-electron chi connectivity index (χ0n) is 17.8. The van der Waals surface area contributed by atoms with E-state index in [1.807, 2.05) is 0 Å². The number of ether oxygens (including phenoxy) is 2. The van der Waals surface area contributed by atoms with Crippen LogP contribution in [0.25, 0.3) is 0 Å². The molecule has 0 aliphatic rings. The molecule has 0 aliphatic carbocycles. The summed E-state index contributed by atoms with van der Waals surface area (Å²) < 4.78 is 10.1. The number of Topliss-reactive ketones (excluding diaryl/α,β-unsaturated/α-hetero) is 1. The summed E-state index contributed by atoms with van der Waals surface area (Å²) in [6, 6.07) is 2.49. The van der Waals surface area contributed by atoms with E-state index in [-0.39, 0.29) is 23.1 Å². The van der Waals surface area contributed by atoms with Crippen LogP contribution in [0.15, 0.2) is 17.5 Å². The third-order valence-electron chi connectivity index (χ3n) is 4.69. The summed E-state index contributed by atoms with van der Waals surface area (Å²) >= 11 is 1.26. The summed E-state index contributed by atoms with van der Waals surface area (Å²) in [5.41, 5.74) is 1.38. The Morgan fingerprint density at radius 3 is 2.33 bits per heavy atom. The minimum absolute atomic E-state index is 0.178. The standard InChI is InChI=1S/C21H26N2O6S/c1-10(2)16(23-19(25)14-8-7-9-30-14)21(27)29-13(5)18(24)17-11(3)15(12(4)22-17)20(26)28-6/h7-10,13,16,22H,1-6H3,(H,23,25). The first-order valence-electron chi connectivity index (χ1n) is 9.45. The molecule has 0 aromatic carbocycles. The second kappa shape index (κ2) is 9.71. The molecule has 1 amide bonds. The first-order valence-corrected chi connectivity index (χ1v) is 10.3. The van der Waals surface area contributed by atoms with Crippen molar-refractivity contribution in [3.05, 3.63) is 44.9 Å². The van der Waals surface area contributed by atoms with Gasteiger partial charge in [0.25, 0.3) is 5.91 Å². The smallest absolute Gasteiger partial charge is 0.339 e. The molecule has 0 fully saturated rings. The Hall–Kier alpha value is -2.94. The van der Waals surface area contributed by atoms with E-state index in [0.717, 1.165) is 0 Å². The maximum absolute atomic E-state index is 12.8. The van der Waals surface area contributed by atoms with Gasteiger partial charge >= 0.3 is 11.9 Å². The minimum atomic E-state index is -1.11. The number of amides is 1. The van der Waals surface area contributed by atoms with Crippen LogP contribution in [0, 0.1) is 19.8 Å². The lowest BCUT2D eigenvalue weighted by Crippen LogP contribution is -2.46. The molecule has 0 radical (unpaired) electrons. The summed E-state index contributed by atoms with van der Waals surface area (Å²) in [6.45, 7) is 8.27. The maximum atomic E-state index is 12.8. The van der Waals surface area contributed by atoms with Gasteiger partial charge in [0.2, 0.25) is 5.78 Å². The Labute approximate surface area is 179 Å². The van der Waals surface area contributed by atoms with E-state index in [9.17, 15) is 19.2 Å². The largest absolute Gasteiger partial charge is 0.465 e. The molecule has 9 heteroatoms. The Kier molecular flexibility index (Phi) is 7.55. The molecule has 8 nitrogen and oxygen atoms in total. The fourth-order valence-electron chi connectivity index (χ4n) is 3.03. The molecule has 2 atom stereocenters. The van der Waals surface area contributed by atoms with Gasteiger partial charge in [-0.1, -0.05) is 19.9 Å². The van der Waals surface area contributed by atoms with Crippen molar-refractivity contribution in [3.63, 3.8) is 0 Å². The van der Waals surface area contributed by atoms with Crippen molar-refractivity contribution in [1.82, 2.24) is 10.3 Å². The molecule has 2 aromatic rings. The number of esters is 2. The van der Waals surface area contributed by atoms with Crippen LogP contribution in [0.2, 0.25) is 0 Å². The van der Waals surface area contributed by atoms with Crippen LogP contribution in [0.3, 0.4) is 0 Å². The van der Waals surface area contributed by atoms with Crippen LogP contribution in [-0.4, -0.2) is 47.9 Å². The third-order valence-corrected chi connectivity index (χ3v) is 5.56. The number of ketones is 1. The minimum Gasteiger partial charge on any atom is -0.465 e. The van der Waals surface area contributed by atoms with Gasteiger partial charge in [0.15, 0.2) is 6.10 Å². The van der Waals surface area contributed by atoms with E-state index < -0.39 is 29.9 Å². The number of rotatable bonds is 8. The number of aromatic amines is 1. The van der Waals surface area contributed by atoms with Crippen LogP contribution in [0.5, 0.6) is 0 Å². The monoisotopic (exact) mass is 434 g/mol. The van der Waals surface area contributed by atoms with Crippen molar-refractivity contribution < 1.29 is 28.7 Å². The molecule has 162 valence electrons. The molecule has 0 bridgehead atoms. The second-order valence-electron chi connectivity index (χ2n) is 7.23. The molecular weight excluding hydrogens is 408 g/mol. The van der Waals surface area contributed by atoms with Gasteiger partial charge in [-0.15, -0.1) is 11.3 Å². The molecule has 0 aliphatic heterocycles. The number of H-pyrrole nitrogens is 1. The summed E-state index contributed by atoms with van der Waals surface area (Å²) in [7, 11) is 1.26. The van der Waals surface area contributed by atoms with Crippen molar-refractivity contribution in [2.24, 2.45) is 5.92 Å². The van der Waals surface area contributed by atoms with Gasteiger partial charge in [0.1, 0.15) is 6.04 Å². The first-order chi connectivity index (χ1) is 14.1. The summed E-state index contributed by atoms with van der Waals surface area (Å²) in [4.78, 5) is 53.1. The van der Waals surface area contributed by atoms with Crippen LogP contribution < -0.4 is 5.32 Å². The van der Waals surface area contributed by atoms with Crippen LogP contribution in [-0.2, 0) is 14.3 Å². The van der Waals surface area contributed by atoms with Crippen molar-refractivity contribution in [2.45, 2.75) is 46.8 Å². The molecule has 2 heterocycles.